The predicted molar refractivity (Wildman–Crippen MR) is 94.6 cm³/mol. The molecule has 0 aliphatic rings. The van der Waals surface area contributed by atoms with Crippen LogP contribution in [-0.4, -0.2) is 16.9 Å². The van der Waals surface area contributed by atoms with Crippen molar-refractivity contribution in [1.82, 2.24) is 4.98 Å². The van der Waals surface area contributed by atoms with Crippen LogP contribution in [0.5, 0.6) is 0 Å². The van der Waals surface area contributed by atoms with Gasteiger partial charge in [0.15, 0.2) is 0 Å². The highest BCUT2D eigenvalue weighted by Crippen LogP contribution is 2.23. The number of amides is 1. The van der Waals surface area contributed by atoms with E-state index in [1.807, 2.05) is 54.6 Å². The van der Waals surface area contributed by atoms with Crippen molar-refractivity contribution in [2.45, 2.75) is 13.0 Å². The van der Waals surface area contributed by atoms with E-state index in [1.54, 1.807) is 13.0 Å². The largest absolute Gasteiger partial charge is 0.373 e. The van der Waals surface area contributed by atoms with Crippen LogP contribution in [0.1, 0.15) is 12.6 Å². The lowest BCUT2D eigenvalue weighted by Gasteiger charge is -2.17. The molecule has 0 aliphatic carbocycles. The molecule has 0 spiro atoms. The lowest BCUT2D eigenvalue weighted by molar-refractivity contribution is -0.116. The van der Waals surface area contributed by atoms with Gasteiger partial charge < -0.3 is 10.6 Å². The topological polar surface area (TPSA) is 77.8 Å². The van der Waals surface area contributed by atoms with E-state index < -0.39 is 6.04 Å². The second-order valence-electron chi connectivity index (χ2n) is 5.41. The Kier molecular flexibility index (Phi) is 4.39. The Morgan fingerprint density at radius 3 is 2.58 bits per heavy atom. The van der Waals surface area contributed by atoms with Gasteiger partial charge in [-0.1, -0.05) is 36.4 Å². The number of rotatable bonds is 4. The third-order valence-electron chi connectivity index (χ3n) is 3.64. The second-order valence-corrected chi connectivity index (χ2v) is 5.41. The summed E-state index contributed by atoms with van der Waals surface area (Å²) in [5.41, 5.74) is 2.49. The fraction of sp³-hybridized carbons (Fsp3) is 0.105. The van der Waals surface area contributed by atoms with Crippen molar-refractivity contribution in [1.29, 1.82) is 5.26 Å². The number of fused-ring (bicyclic) bond motifs is 1. The Balaban J connectivity index is 1.84. The van der Waals surface area contributed by atoms with Crippen LogP contribution in [0, 0.1) is 11.3 Å². The summed E-state index contributed by atoms with van der Waals surface area (Å²) in [7, 11) is 0. The fourth-order valence-electron chi connectivity index (χ4n) is 2.42. The minimum absolute atomic E-state index is 0.152. The van der Waals surface area contributed by atoms with Crippen LogP contribution >= 0.6 is 0 Å². The van der Waals surface area contributed by atoms with E-state index in [2.05, 4.69) is 21.7 Å². The van der Waals surface area contributed by atoms with E-state index >= 15 is 0 Å². The van der Waals surface area contributed by atoms with Gasteiger partial charge >= 0.3 is 0 Å². The van der Waals surface area contributed by atoms with Crippen LogP contribution in [-0.2, 0) is 4.79 Å². The first kappa shape index (κ1) is 15.5. The Hall–Kier alpha value is -3.39. The quantitative estimate of drug-likeness (QED) is 0.771. The minimum Gasteiger partial charge on any atom is -0.373 e. The number of carbonyl (C=O) groups is 1. The molecule has 1 atom stereocenters. The van der Waals surface area contributed by atoms with E-state index in [4.69, 9.17) is 5.26 Å². The number of anilines is 2. The van der Waals surface area contributed by atoms with Crippen molar-refractivity contribution in [3.8, 4) is 6.07 Å². The number of nitrogens with one attached hydrogen (secondary N) is 2. The average Bonchev–Trinajstić information content (AvgIpc) is 2.62. The Bertz CT molecular complexity index is 916. The molecule has 0 aliphatic heterocycles. The van der Waals surface area contributed by atoms with E-state index in [0.29, 0.717) is 11.4 Å². The lowest BCUT2D eigenvalue weighted by atomic mass is 10.1. The number of carbonyl (C=O) groups excluding carboxylic acids is 1. The van der Waals surface area contributed by atoms with Gasteiger partial charge in [0.25, 0.3) is 0 Å². The summed E-state index contributed by atoms with van der Waals surface area (Å²) in [6.45, 7) is 1.78. The Morgan fingerprint density at radius 1 is 1.12 bits per heavy atom. The van der Waals surface area contributed by atoms with E-state index in [1.165, 1.54) is 0 Å². The summed E-state index contributed by atoms with van der Waals surface area (Å²) in [5.74, 6) is -0.152. The molecule has 5 heteroatoms. The fourth-order valence-corrected chi connectivity index (χ4v) is 2.42. The van der Waals surface area contributed by atoms with Crippen LogP contribution in [0.3, 0.4) is 0 Å². The number of hydrogen-bond acceptors (Lipinski definition) is 4. The van der Waals surface area contributed by atoms with Crippen molar-refractivity contribution >= 4 is 28.2 Å². The van der Waals surface area contributed by atoms with Crippen LogP contribution < -0.4 is 10.6 Å². The van der Waals surface area contributed by atoms with Gasteiger partial charge in [-0.05, 0) is 31.2 Å². The first-order valence-electron chi connectivity index (χ1n) is 7.60. The molecule has 2 N–H and O–H groups in total. The lowest BCUT2D eigenvalue weighted by Crippen LogP contribution is -2.32. The summed E-state index contributed by atoms with van der Waals surface area (Å²) in [4.78, 5) is 16.6. The van der Waals surface area contributed by atoms with Crippen molar-refractivity contribution in [2.75, 3.05) is 10.6 Å². The van der Waals surface area contributed by atoms with Gasteiger partial charge in [-0.15, -0.1) is 0 Å². The minimum atomic E-state index is -0.470. The second kappa shape index (κ2) is 6.80. The summed E-state index contributed by atoms with van der Waals surface area (Å²) < 4.78 is 0. The monoisotopic (exact) mass is 316 g/mol. The highest BCUT2D eigenvalue weighted by Gasteiger charge is 2.15. The van der Waals surface area contributed by atoms with Crippen LogP contribution in [0.25, 0.3) is 10.9 Å². The average molecular weight is 316 g/mol. The van der Waals surface area contributed by atoms with Crippen molar-refractivity contribution in [3.05, 3.63) is 66.4 Å². The first-order valence-corrected chi connectivity index (χ1v) is 7.60. The molecule has 1 unspecified atom stereocenters. The Labute approximate surface area is 140 Å². The number of para-hydroxylation sites is 2. The van der Waals surface area contributed by atoms with Gasteiger partial charge in [0, 0.05) is 16.8 Å². The molecule has 0 saturated heterocycles. The van der Waals surface area contributed by atoms with Gasteiger partial charge in [-0.2, -0.15) is 5.26 Å². The molecule has 1 aromatic heterocycles. The maximum Gasteiger partial charge on any atom is 0.246 e. The summed E-state index contributed by atoms with van der Waals surface area (Å²) >= 11 is 0. The molecule has 0 bridgehead atoms. The molecule has 1 heterocycles. The maximum atomic E-state index is 12.4. The maximum absolute atomic E-state index is 12.4. The zero-order valence-electron chi connectivity index (χ0n) is 13.2. The summed E-state index contributed by atoms with van der Waals surface area (Å²) in [6, 6.07) is 20.0. The molecule has 24 heavy (non-hydrogen) atoms. The molecular formula is C19H16N4O. The van der Waals surface area contributed by atoms with Gasteiger partial charge in [0.05, 0.1) is 5.52 Å². The number of nitrogens with zero attached hydrogens (tertiary/aromatic N) is 2. The van der Waals surface area contributed by atoms with Crippen molar-refractivity contribution in [2.24, 2.45) is 0 Å². The van der Waals surface area contributed by atoms with Gasteiger partial charge in [-0.25, -0.2) is 4.98 Å². The molecule has 0 radical (unpaired) electrons. The molecule has 1 amide bonds. The first-order chi connectivity index (χ1) is 11.7. The smallest absolute Gasteiger partial charge is 0.246 e. The van der Waals surface area contributed by atoms with E-state index in [9.17, 15) is 4.79 Å². The summed E-state index contributed by atoms with van der Waals surface area (Å²) in [6.07, 6.45) is 0. The molecular weight excluding hydrogens is 300 g/mol. The highest BCUT2D eigenvalue weighted by atomic mass is 16.2. The van der Waals surface area contributed by atoms with Crippen molar-refractivity contribution in [3.63, 3.8) is 0 Å². The van der Waals surface area contributed by atoms with Crippen LogP contribution in [0.15, 0.2) is 60.7 Å². The Morgan fingerprint density at radius 2 is 1.83 bits per heavy atom. The van der Waals surface area contributed by atoms with Gasteiger partial charge in [0.1, 0.15) is 17.8 Å². The molecule has 3 aromatic rings. The molecule has 5 nitrogen and oxygen atoms in total. The molecule has 118 valence electrons. The third-order valence-corrected chi connectivity index (χ3v) is 3.64. The predicted octanol–water partition coefficient (Wildman–Crippen LogP) is 3.55. The highest BCUT2D eigenvalue weighted by molar-refractivity contribution is 5.99. The number of hydrogen-bond donors (Lipinski definition) is 2. The van der Waals surface area contributed by atoms with E-state index in [0.717, 1.165) is 16.6 Å². The van der Waals surface area contributed by atoms with Crippen molar-refractivity contribution < 1.29 is 4.79 Å². The number of aromatic nitrogens is 1. The SMILES string of the molecule is CC(Nc1cc(C#N)nc2ccccc12)C(=O)Nc1ccccc1. The molecule has 0 saturated carbocycles. The molecule has 0 fully saturated rings. The van der Waals surface area contributed by atoms with Crippen LogP contribution in [0.2, 0.25) is 0 Å². The molecule has 2 aromatic carbocycles. The third kappa shape index (κ3) is 3.33. The van der Waals surface area contributed by atoms with Gasteiger partial charge in [-0.3, -0.25) is 4.79 Å². The normalized spacial score (nSPS) is 11.5. The number of pyridine rings is 1. The van der Waals surface area contributed by atoms with Gasteiger partial charge in [0.2, 0.25) is 5.91 Å². The standard InChI is InChI=1S/C19H16N4O/c1-13(19(24)23-14-7-3-2-4-8-14)21-18-11-15(12-20)22-17-10-6-5-9-16(17)18/h2-11,13H,1H3,(H,21,22)(H,23,24). The van der Waals surface area contributed by atoms with E-state index in [-0.39, 0.29) is 5.91 Å². The number of nitriles is 1. The zero-order valence-corrected chi connectivity index (χ0v) is 13.2. The summed E-state index contributed by atoms with van der Waals surface area (Å²) in [5, 5.41) is 16.0. The number of benzene rings is 2. The molecule has 3 rings (SSSR count). The zero-order chi connectivity index (χ0) is 16.9. The van der Waals surface area contributed by atoms with Crippen LogP contribution in [0.4, 0.5) is 11.4 Å².